The zero-order chi connectivity index (χ0) is 30.8. The Hall–Kier alpha value is -4.16. The van der Waals surface area contributed by atoms with Crippen LogP contribution in [-0.4, -0.2) is 0 Å². The van der Waals surface area contributed by atoms with Crippen LogP contribution in [0.5, 0.6) is 0 Å². The van der Waals surface area contributed by atoms with Crippen molar-refractivity contribution >= 4 is 23.8 Å². The van der Waals surface area contributed by atoms with Gasteiger partial charge >= 0.3 is 0 Å². The van der Waals surface area contributed by atoms with E-state index in [2.05, 4.69) is 130 Å². The third-order valence-electron chi connectivity index (χ3n) is 8.50. The fourth-order valence-electron chi connectivity index (χ4n) is 6.04. The highest BCUT2D eigenvalue weighted by Gasteiger charge is 2.15. The highest BCUT2D eigenvalue weighted by atomic mass is 14.2. The molecule has 0 nitrogen and oxygen atoms in total. The van der Waals surface area contributed by atoms with Gasteiger partial charge in [0, 0.05) is 0 Å². The van der Waals surface area contributed by atoms with Crippen molar-refractivity contribution in [2.75, 3.05) is 0 Å². The summed E-state index contributed by atoms with van der Waals surface area (Å²) in [7, 11) is 0. The lowest BCUT2D eigenvalue weighted by molar-refractivity contribution is 0.491. The number of rotatable bonds is 5. The van der Waals surface area contributed by atoms with Gasteiger partial charge in [-0.25, -0.2) is 0 Å². The molecule has 1 saturated carbocycles. The van der Waals surface area contributed by atoms with Gasteiger partial charge in [-0.2, -0.15) is 0 Å². The topological polar surface area (TPSA) is 0 Å². The number of benzene rings is 4. The molecule has 6 rings (SSSR count). The van der Waals surface area contributed by atoms with E-state index < -0.39 is 0 Å². The van der Waals surface area contributed by atoms with E-state index in [9.17, 15) is 0 Å². The lowest BCUT2D eigenvalue weighted by Gasteiger charge is -2.21. The molecule has 0 heteroatoms. The van der Waals surface area contributed by atoms with Crippen LogP contribution in [0.3, 0.4) is 0 Å². The first-order valence-electron chi connectivity index (χ1n) is 16.5. The van der Waals surface area contributed by atoms with Crippen molar-refractivity contribution in [2.45, 2.75) is 65.2 Å². The predicted molar refractivity (Wildman–Crippen MR) is 195 cm³/mol. The molecule has 0 N–H and O–H groups in total. The van der Waals surface area contributed by atoms with Gasteiger partial charge < -0.3 is 0 Å². The molecule has 2 atom stereocenters. The van der Waals surface area contributed by atoms with Crippen molar-refractivity contribution < 1.29 is 0 Å². The van der Waals surface area contributed by atoms with Crippen molar-refractivity contribution in [1.29, 1.82) is 0 Å². The Labute approximate surface area is 267 Å². The minimum Gasteiger partial charge on any atom is -0.0985 e. The zero-order valence-electron chi connectivity index (χ0n) is 26.9. The fourth-order valence-corrected chi connectivity index (χ4v) is 6.04. The Balaban J connectivity index is 0.000000175. The van der Waals surface area contributed by atoms with Gasteiger partial charge in [-0.05, 0) is 83.8 Å². The van der Waals surface area contributed by atoms with Gasteiger partial charge in [0.05, 0.1) is 0 Å². The second kappa shape index (κ2) is 18.5. The normalized spacial score (nSPS) is 20.9. The Bertz CT molecular complexity index is 1460. The summed E-state index contributed by atoms with van der Waals surface area (Å²) in [4.78, 5) is 0. The average molecular weight is 579 g/mol. The van der Waals surface area contributed by atoms with Crippen LogP contribution in [0.25, 0.3) is 23.8 Å². The molecule has 0 amide bonds. The number of hydrogen-bond acceptors (Lipinski definition) is 0. The van der Waals surface area contributed by atoms with Gasteiger partial charge in [0.25, 0.3) is 0 Å². The molecule has 2 aliphatic rings. The molecule has 4 aromatic rings. The van der Waals surface area contributed by atoms with Crippen molar-refractivity contribution in [3.05, 3.63) is 167 Å². The van der Waals surface area contributed by atoms with Gasteiger partial charge in [0.1, 0.15) is 0 Å². The maximum absolute atomic E-state index is 3.63. The Kier molecular flexibility index (Phi) is 13.8. The van der Waals surface area contributed by atoms with E-state index in [-0.39, 0.29) is 0 Å². The van der Waals surface area contributed by atoms with Crippen LogP contribution in [-0.2, 0) is 0 Å². The summed E-state index contributed by atoms with van der Waals surface area (Å²) in [6.07, 6.45) is 19.2. The summed E-state index contributed by atoms with van der Waals surface area (Å²) < 4.78 is 0. The van der Waals surface area contributed by atoms with Crippen molar-refractivity contribution in [3.8, 4) is 0 Å². The molecule has 44 heavy (non-hydrogen) atoms. The third-order valence-corrected chi connectivity index (χ3v) is 8.50. The highest BCUT2D eigenvalue weighted by Crippen LogP contribution is 2.34. The highest BCUT2D eigenvalue weighted by molar-refractivity contribution is 5.73. The molecule has 2 unspecified atom stereocenters. The van der Waals surface area contributed by atoms with Crippen molar-refractivity contribution in [3.63, 3.8) is 0 Å². The summed E-state index contributed by atoms with van der Waals surface area (Å²) in [5.41, 5.74) is 9.89. The molecule has 2 aliphatic carbocycles. The van der Waals surface area contributed by atoms with Gasteiger partial charge in [-0.1, -0.05) is 184 Å². The number of allylic oxidation sites excluding steroid dienone is 4. The van der Waals surface area contributed by atoms with Crippen molar-refractivity contribution in [2.24, 2.45) is 11.8 Å². The third kappa shape index (κ3) is 11.5. The number of hydrogen-bond donors (Lipinski definition) is 0. The lowest BCUT2D eigenvalue weighted by atomic mass is 9.84. The summed E-state index contributed by atoms with van der Waals surface area (Å²) in [6.45, 7) is 8.36. The summed E-state index contributed by atoms with van der Waals surface area (Å²) in [6, 6.07) is 42.2. The maximum Gasteiger partial charge on any atom is -0.0222 e. The second-order valence-electron chi connectivity index (χ2n) is 12.3. The Morgan fingerprint density at radius 3 is 1.64 bits per heavy atom. The van der Waals surface area contributed by atoms with Gasteiger partial charge in [-0.3, -0.25) is 0 Å². The lowest BCUT2D eigenvalue weighted by Crippen LogP contribution is -2.03. The average Bonchev–Trinajstić information content (AvgIpc) is 3.48. The summed E-state index contributed by atoms with van der Waals surface area (Å²) in [5, 5.41) is 0. The fraction of sp³-hybridized carbons (Fsp3) is 0.273. The largest absolute Gasteiger partial charge is 0.0985 e. The molecule has 0 bridgehead atoms. The summed E-state index contributed by atoms with van der Waals surface area (Å²) >= 11 is 0. The van der Waals surface area contributed by atoms with E-state index >= 15 is 0 Å². The minimum absolute atomic E-state index is 0.768. The van der Waals surface area contributed by atoms with E-state index in [4.69, 9.17) is 0 Å². The van der Waals surface area contributed by atoms with E-state index in [0.29, 0.717) is 0 Å². The van der Waals surface area contributed by atoms with Crippen LogP contribution < -0.4 is 0 Å². The monoisotopic (exact) mass is 578 g/mol. The quantitative estimate of drug-likeness (QED) is 0.221. The maximum atomic E-state index is 3.63. The van der Waals surface area contributed by atoms with Crippen LogP contribution in [0.4, 0.5) is 0 Å². The summed E-state index contributed by atoms with van der Waals surface area (Å²) in [5.74, 6) is 1.67. The van der Waals surface area contributed by atoms with Gasteiger partial charge in [0.2, 0.25) is 0 Å². The second-order valence-corrected chi connectivity index (χ2v) is 12.3. The zero-order valence-corrected chi connectivity index (χ0v) is 26.9. The molecule has 0 aromatic heterocycles. The first kappa shape index (κ1) is 32.7. The smallest absolute Gasteiger partial charge is 0.0222 e. The van der Waals surface area contributed by atoms with E-state index in [1.165, 1.54) is 79.2 Å². The van der Waals surface area contributed by atoms with Crippen LogP contribution in [0, 0.1) is 11.8 Å². The molecule has 0 spiro atoms. The predicted octanol–water partition coefficient (Wildman–Crippen LogP) is 13.0. The Morgan fingerprint density at radius 2 is 1.09 bits per heavy atom. The van der Waals surface area contributed by atoms with Crippen molar-refractivity contribution in [1.82, 2.24) is 0 Å². The van der Waals surface area contributed by atoms with Crippen LogP contribution in [0.2, 0.25) is 0 Å². The molecular weight excluding hydrogens is 528 g/mol. The van der Waals surface area contributed by atoms with Gasteiger partial charge in [0.15, 0.2) is 0 Å². The molecular formula is C44H50. The van der Waals surface area contributed by atoms with Crippen LogP contribution in [0.1, 0.15) is 87.5 Å². The van der Waals surface area contributed by atoms with Gasteiger partial charge in [-0.15, -0.1) is 0 Å². The van der Waals surface area contributed by atoms with E-state index in [1.807, 2.05) is 36.4 Å². The molecule has 0 aliphatic heterocycles. The van der Waals surface area contributed by atoms with E-state index in [1.54, 1.807) is 11.1 Å². The minimum atomic E-state index is 0.768. The molecule has 226 valence electrons. The van der Waals surface area contributed by atoms with Crippen LogP contribution in [0.15, 0.2) is 145 Å². The SMILES string of the molecule is C=Cc1ccccc1.CC1CCC(=Cc2ccccc2)C1.CC1CCCC/C(c2ccccc2)=C(/C=Cc2ccccc2)C1. The molecule has 4 aromatic carbocycles. The van der Waals surface area contributed by atoms with Crippen LogP contribution >= 0.6 is 0 Å². The molecule has 0 saturated heterocycles. The Morgan fingerprint density at radius 1 is 0.545 bits per heavy atom. The molecule has 0 heterocycles. The van der Waals surface area contributed by atoms with E-state index in [0.717, 1.165) is 11.8 Å². The standard InChI is InChI=1S/C23H26.C13H16.C8H8/c1-19-10-8-9-15-23(21-13-6-3-7-14-21)22(18-19)17-16-20-11-4-2-5-12-20;1-11-7-8-13(9-11)10-12-5-3-2-4-6-12;1-2-8-6-4-3-5-7-8/h2-7,11-14,16-17,19H,8-10,15,18H2,1H3;2-6,10-11H,7-9H2,1H3;2-7H,1H2/b17-16?,23-22+;;. The first-order valence-corrected chi connectivity index (χ1v) is 16.5. The molecule has 0 radical (unpaired) electrons. The molecule has 1 fully saturated rings. The first-order chi connectivity index (χ1) is 21.6.